The first-order valence-corrected chi connectivity index (χ1v) is 6.38. The number of nitrogens with two attached hydrogens (primary N) is 2. The number of anilines is 1. The molecule has 0 fully saturated rings. The molecule has 0 bridgehead atoms. The van der Waals surface area contributed by atoms with E-state index in [9.17, 15) is 0 Å². The van der Waals surface area contributed by atoms with E-state index in [2.05, 4.69) is 5.32 Å². The smallest absolute Gasteiger partial charge is 0.122 e. The van der Waals surface area contributed by atoms with Gasteiger partial charge >= 0.3 is 0 Å². The van der Waals surface area contributed by atoms with Crippen LogP contribution < -0.4 is 16.8 Å². The largest absolute Gasteiger partial charge is 0.384 e. The van der Waals surface area contributed by atoms with E-state index < -0.39 is 0 Å². The first kappa shape index (κ1) is 14.3. The summed E-state index contributed by atoms with van der Waals surface area (Å²) in [5.41, 5.74) is 14.1. The fourth-order valence-corrected chi connectivity index (χ4v) is 1.75. The fourth-order valence-electron chi connectivity index (χ4n) is 1.75. The fraction of sp³-hybridized carbons (Fsp3) is 0. The summed E-state index contributed by atoms with van der Waals surface area (Å²) in [6, 6.07) is 14.7. The molecule has 0 unspecified atom stereocenters. The summed E-state index contributed by atoms with van der Waals surface area (Å²) in [7, 11) is 0. The lowest BCUT2D eigenvalue weighted by Crippen LogP contribution is -2.10. The lowest BCUT2D eigenvalue weighted by atomic mass is 10.1. The van der Waals surface area contributed by atoms with Crippen LogP contribution in [0.3, 0.4) is 0 Å². The summed E-state index contributed by atoms with van der Waals surface area (Å²) in [5.74, 6) is 0.122. The van der Waals surface area contributed by atoms with Crippen molar-refractivity contribution in [2.24, 2.45) is 11.5 Å². The van der Waals surface area contributed by atoms with Crippen LogP contribution in [0.2, 0.25) is 0 Å². The monoisotopic (exact) mass is 279 g/mol. The third-order valence-corrected chi connectivity index (χ3v) is 2.94. The number of hydrogen-bond acceptors (Lipinski definition) is 3. The molecular formula is C16H17N5. The van der Waals surface area contributed by atoms with E-state index in [1.165, 1.54) is 0 Å². The van der Waals surface area contributed by atoms with E-state index in [4.69, 9.17) is 22.3 Å². The second-order valence-electron chi connectivity index (χ2n) is 4.50. The predicted octanol–water partition coefficient (Wildman–Crippen LogP) is 2.34. The van der Waals surface area contributed by atoms with Crippen LogP contribution in [0.25, 0.3) is 6.08 Å². The van der Waals surface area contributed by atoms with Crippen LogP contribution in [-0.2, 0) is 0 Å². The first-order valence-electron chi connectivity index (χ1n) is 6.38. The summed E-state index contributed by atoms with van der Waals surface area (Å²) in [6.45, 7) is 0. The quantitative estimate of drug-likeness (QED) is 0.427. The maximum Gasteiger partial charge on any atom is 0.122 e. The second kappa shape index (κ2) is 6.38. The third-order valence-electron chi connectivity index (χ3n) is 2.94. The Morgan fingerprint density at radius 1 is 0.810 bits per heavy atom. The SMILES string of the molecule is N=C(N)c1ccc(C=CNc2ccc(C(=N)N)cc2)cc1. The van der Waals surface area contributed by atoms with Crippen LogP contribution in [0.5, 0.6) is 0 Å². The molecule has 2 aromatic carbocycles. The van der Waals surface area contributed by atoms with Gasteiger partial charge in [-0.15, -0.1) is 0 Å². The summed E-state index contributed by atoms with van der Waals surface area (Å²) in [5, 5.41) is 17.8. The van der Waals surface area contributed by atoms with Crippen LogP contribution in [0.4, 0.5) is 5.69 Å². The molecule has 21 heavy (non-hydrogen) atoms. The molecule has 2 rings (SSSR count). The minimum Gasteiger partial charge on any atom is -0.384 e. The number of benzene rings is 2. The van der Waals surface area contributed by atoms with Crippen molar-refractivity contribution in [1.29, 1.82) is 10.8 Å². The molecule has 0 radical (unpaired) electrons. The van der Waals surface area contributed by atoms with Gasteiger partial charge in [0.25, 0.3) is 0 Å². The van der Waals surface area contributed by atoms with E-state index in [1.54, 1.807) is 12.1 Å². The van der Waals surface area contributed by atoms with Gasteiger partial charge in [0.1, 0.15) is 11.7 Å². The maximum atomic E-state index is 7.33. The van der Waals surface area contributed by atoms with Crippen molar-refractivity contribution in [3.63, 3.8) is 0 Å². The van der Waals surface area contributed by atoms with Gasteiger partial charge in [-0.3, -0.25) is 10.8 Å². The molecule has 0 aliphatic carbocycles. The van der Waals surface area contributed by atoms with Crippen LogP contribution in [0.1, 0.15) is 16.7 Å². The second-order valence-corrected chi connectivity index (χ2v) is 4.50. The molecule has 0 aliphatic rings. The molecule has 0 atom stereocenters. The van der Waals surface area contributed by atoms with Crippen molar-refractivity contribution in [3.05, 3.63) is 71.4 Å². The van der Waals surface area contributed by atoms with Gasteiger partial charge in [0.2, 0.25) is 0 Å². The van der Waals surface area contributed by atoms with E-state index in [-0.39, 0.29) is 11.7 Å². The van der Waals surface area contributed by atoms with Gasteiger partial charge in [-0.05, 0) is 35.9 Å². The van der Waals surface area contributed by atoms with Gasteiger partial charge in [0, 0.05) is 23.0 Å². The Bertz CT molecular complexity index is 669. The van der Waals surface area contributed by atoms with Crippen molar-refractivity contribution in [2.45, 2.75) is 0 Å². The lowest BCUT2D eigenvalue weighted by molar-refractivity contribution is 1.42. The van der Waals surface area contributed by atoms with Crippen molar-refractivity contribution in [2.75, 3.05) is 5.32 Å². The average Bonchev–Trinajstić information content (AvgIpc) is 2.48. The van der Waals surface area contributed by atoms with E-state index in [0.29, 0.717) is 11.1 Å². The molecule has 0 aromatic heterocycles. The zero-order chi connectivity index (χ0) is 15.2. The molecule has 106 valence electrons. The van der Waals surface area contributed by atoms with Crippen molar-refractivity contribution >= 4 is 23.4 Å². The highest BCUT2D eigenvalue weighted by molar-refractivity contribution is 5.95. The number of nitrogens with one attached hydrogen (secondary N) is 3. The number of amidine groups is 2. The molecule has 0 aliphatic heterocycles. The Kier molecular flexibility index (Phi) is 4.36. The van der Waals surface area contributed by atoms with Crippen molar-refractivity contribution in [1.82, 2.24) is 0 Å². The molecule has 0 saturated heterocycles. The zero-order valence-electron chi connectivity index (χ0n) is 11.4. The van der Waals surface area contributed by atoms with Gasteiger partial charge < -0.3 is 16.8 Å². The first-order chi connectivity index (χ1) is 10.1. The van der Waals surface area contributed by atoms with Crippen LogP contribution >= 0.6 is 0 Å². The van der Waals surface area contributed by atoms with E-state index in [0.717, 1.165) is 11.3 Å². The highest BCUT2D eigenvalue weighted by Crippen LogP contribution is 2.10. The molecule has 0 saturated carbocycles. The normalized spacial score (nSPS) is 10.5. The lowest BCUT2D eigenvalue weighted by Gasteiger charge is -2.03. The van der Waals surface area contributed by atoms with E-state index in [1.807, 2.05) is 48.7 Å². The Balaban J connectivity index is 1.98. The molecule has 2 aromatic rings. The molecule has 0 spiro atoms. The Morgan fingerprint density at radius 2 is 1.29 bits per heavy atom. The maximum absolute atomic E-state index is 7.33. The Hall–Kier alpha value is -3.08. The van der Waals surface area contributed by atoms with E-state index >= 15 is 0 Å². The van der Waals surface area contributed by atoms with Crippen molar-refractivity contribution in [3.8, 4) is 0 Å². The summed E-state index contributed by atoms with van der Waals surface area (Å²) < 4.78 is 0. The number of nitrogen functional groups attached to an aromatic ring is 2. The highest BCUT2D eigenvalue weighted by atomic mass is 14.8. The van der Waals surface area contributed by atoms with Crippen LogP contribution in [-0.4, -0.2) is 11.7 Å². The van der Waals surface area contributed by atoms with Gasteiger partial charge in [-0.2, -0.15) is 0 Å². The number of rotatable bonds is 5. The Morgan fingerprint density at radius 3 is 1.76 bits per heavy atom. The molecule has 7 N–H and O–H groups in total. The molecule has 0 amide bonds. The standard InChI is InChI=1S/C16H17N5/c17-15(18)12-3-1-11(2-4-12)9-10-21-14-7-5-13(6-8-14)16(19)20/h1-10,21H,(H3,17,18)(H3,19,20). The predicted molar refractivity (Wildman–Crippen MR) is 87.6 cm³/mol. The Labute approximate surface area is 123 Å². The van der Waals surface area contributed by atoms with Crippen LogP contribution in [0, 0.1) is 10.8 Å². The average molecular weight is 279 g/mol. The highest BCUT2D eigenvalue weighted by Gasteiger charge is 1.96. The molecular weight excluding hydrogens is 262 g/mol. The van der Waals surface area contributed by atoms with Crippen LogP contribution in [0.15, 0.2) is 54.7 Å². The van der Waals surface area contributed by atoms with Gasteiger partial charge in [-0.1, -0.05) is 24.3 Å². The summed E-state index contributed by atoms with van der Waals surface area (Å²) >= 11 is 0. The minimum absolute atomic E-state index is 0.0580. The minimum atomic E-state index is 0.0580. The number of hydrogen-bond donors (Lipinski definition) is 5. The molecule has 0 heterocycles. The van der Waals surface area contributed by atoms with Gasteiger partial charge in [-0.25, -0.2) is 0 Å². The molecule has 5 heteroatoms. The zero-order valence-corrected chi connectivity index (χ0v) is 11.4. The van der Waals surface area contributed by atoms with Gasteiger partial charge in [0.05, 0.1) is 0 Å². The van der Waals surface area contributed by atoms with Gasteiger partial charge in [0.15, 0.2) is 0 Å². The molecule has 5 nitrogen and oxygen atoms in total. The summed E-state index contributed by atoms with van der Waals surface area (Å²) in [4.78, 5) is 0. The van der Waals surface area contributed by atoms with Crippen molar-refractivity contribution < 1.29 is 0 Å². The third kappa shape index (κ3) is 3.94. The summed E-state index contributed by atoms with van der Waals surface area (Å²) in [6.07, 6.45) is 3.74. The topological polar surface area (TPSA) is 112 Å².